The predicted molar refractivity (Wildman–Crippen MR) is 87.3 cm³/mol. The average Bonchev–Trinajstić information content (AvgIpc) is 2.51. The molecule has 0 unspecified atom stereocenters. The van der Waals surface area contributed by atoms with Crippen molar-refractivity contribution in [3.8, 4) is 0 Å². The summed E-state index contributed by atoms with van der Waals surface area (Å²) in [5, 5.41) is 3.57. The quantitative estimate of drug-likeness (QED) is 0.600. The Labute approximate surface area is 132 Å². The van der Waals surface area contributed by atoms with Crippen LogP contribution in [0.1, 0.15) is 37.3 Å². The highest BCUT2D eigenvalue weighted by Gasteiger charge is 2.22. The number of hydrogen-bond donors (Lipinski definition) is 1. The Morgan fingerprint density at radius 1 is 1.33 bits per heavy atom. The fraction of sp³-hybridized carbons (Fsp3) is 0.529. The number of benzene rings is 1. The van der Waals surface area contributed by atoms with Crippen LogP contribution in [0.5, 0.6) is 0 Å². The predicted octanol–water partition coefficient (Wildman–Crippen LogP) is 4.17. The van der Waals surface area contributed by atoms with E-state index in [2.05, 4.69) is 16.8 Å². The summed E-state index contributed by atoms with van der Waals surface area (Å²) in [6, 6.07) is 5.52. The minimum absolute atomic E-state index is 0.199. The number of nitrogens with one attached hydrogen (secondary N) is 1. The smallest absolute Gasteiger partial charge is 0.142 e. The number of allylic oxidation sites excluding steroid dienone is 1. The molecule has 1 aromatic rings. The molecule has 2 nitrogen and oxygen atoms in total. The molecular formula is C17H24ClFN2. The van der Waals surface area contributed by atoms with Gasteiger partial charge in [-0.3, -0.25) is 4.90 Å². The molecule has 1 saturated heterocycles. The van der Waals surface area contributed by atoms with Crippen molar-refractivity contribution in [3.63, 3.8) is 0 Å². The Bertz CT molecular complexity index is 458. The number of unbranched alkanes of at least 4 members (excludes halogenated alkanes) is 2. The fourth-order valence-electron chi connectivity index (χ4n) is 2.90. The van der Waals surface area contributed by atoms with Crippen LogP contribution >= 0.6 is 11.6 Å². The van der Waals surface area contributed by atoms with E-state index in [0.29, 0.717) is 0 Å². The fourth-order valence-corrected chi connectivity index (χ4v) is 3.02. The van der Waals surface area contributed by atoms with Crippen molar-refractivity contribution in [1.29, 1.82) is 0 Å². The second kappa shape index (κ2) is 8.52. The van der Waals surface area contributed by atoms with E-state index >= 15 is 0 Å². The van der Waals surface area contributed by atoms with Gasteiger partial charge in [0.25, 0.3) is 0 Å². The van der Waals surface area contributed by atoms with E-state index in [0.717, 1.165) is 57.4 Å². The van der Waals surface area contributed by atoms with Crippen molar-refractivity contribution in [2.24, 2.45) is 0 Å². The van der Waals surface area contributed by atoms with Gasteiger partial charge in [0, 0.05) is 32.2 Å². The Kier molecular flexibility index (Phi) is 6.68. The summed E-state index contributed by atoms with van der Waals surface area (Å²) in [5.41, 5.74) is 1.04. The van der Waals surface area contributed by atoms with E-state index < -0.39 is 0 Å². The molecule has 2 rings (SSSR count). The van der Waals surface area contributed by atoms with Crippen LogP contribution in [-0.4, -0.2) is 31.1 Å². The number of halogens is 2. The van der Waals surface area contributed by atoms with E-state index in [4.69, 9.17) is 11.6 Å². The lowest BCUT2D eigenvalue weighted by Crippen LogP contribution is -2.45. The van der Waals surface area contributed by atoms with Gasteiger partial charge in [0.15, 0.2) is 0 Å². The van der Waals surface area contributed by atoms with Gasteiger partial charge in [0.2, 0.25) is 0 Å². The Morgan fingerprint density at radius 3 is 2.76 bits per heavy atom. The molecule has 0 aromatic heterocycles. The molecule has 0 bridgehead atoms. The first-order valence-corrected chi connectivity index (χ1v) is 8.11. The summed E-state index contributed by atoms with van der Waals surface area (Å²) >= 11 is 5.81. The molecule has 1 N–H and O–H groups in total. The molecule has 1 aromatic carbocycles. The summed E-state index contributed by atoms with van der Waals surface area (Å²) in [6.07, 6.45) is 6.33. The van der Waals surface area contributed by atoms with E-state index in [1.54, 1.807) is 12.1 Å². The molecule has 1 aliphatic rings. The van der Waals surface area contributed by atoms with Crippen molar-refractivity contribution in [1.82, 2.24) is 10.2 Å². The molecule has 4 heteroatoms. The van der Waals surface area contributed by atoms with Gasteiger partial charge < -0.3 is 5.32 Å². The second-order valence-corrected chi connectivity index (χ2v) is 5.96. The molecule has 1 heterocycles. The molecule has 0 aliphatic carbocycles. The molecule has 1 atom stereocenters. The summed E-state index contributed by atoms with van der Waals surface area (Å²) in [5.74, 6) is -0.319. The average molecular weight is 311 g/mol. The number of nitrogens with zero attached hydrogens (tertiary/aromatic N) is 1. The highest BCUT2D eigenvalue weighted by atomic mass is 35.5. The van der Waals surface area contributed by atoms with Gasteiger partial charge in [-0.25, -0.2) is 4.39 Å². The first kappa shape index (κ1) is 16.5. The van der Waals surface area contributed by atoms with Crippen LogP contribution in [0.25, 0.3) is 0 Å². The van der Waals surface area contributed by atoms with Crippen molar-refractivity contribution >= 4 is 11.6 Å². The van der Waals surface area contributed by atoms with Gasteiger partial charge in [0.05, 0.1) is 5.02 Å². The normalized spacial score (nSPS) is 17.6. The van der Waals surface area contributed by atoms with E-state index in [9.17, 15) is 4.39 Å². The summed E-state index contributed by atoms with van der Waals surface area (Å²) in [4.78, 5) is 2.45. The molecule has 1 fully saturated rings. The van der Waals surface area contributed by atoms with E-state index in [-0.39, 0.29) is 16.9 Å². The maximum atomic E-state index is 13.8. The summed E-state index contributed by atoms with van der Waals surface area (Å²) in [6.45, 7) is 7.78. The standard InChI is InChI=1S/C17H24ClFN2/c1-2-3-4-5-6-17(21-11-9-20-10-12-21)14-7-8-15(18)16(19)13-14/h2,7-8,13,17,20H,1,3-6,9-12H2/t17-/m0/s1. The zero-order valence-corrected chi connectivity index (χ0v) is 13.2. The summed E-state index contributed by atoms with van der Waals surface area (Å²) < 4.78 is 13.8. The Morgan fingerprint density at radius 2 is 2.10 bits per heavy atom. The molecule has 0 radical (unpaired) electrons. The third-order valence-electron chi connectivity index (χ3n) is 4.06. The van der Waals surface area contributed by atoms with Crippen LogP contribution in [0.15, 0.2) is 30.9 Å². The number of hydrogen-bond acceptors (Lipinski definition) is 2. The Hall–Kier alpha value is -0.900. The lowest BCUT2D eigenvalue weighted by Gasteiger charge is -2.35. The van der Waals surface area contributed by atoms with Gasteiger partial charge in [-0.15, -0.1) is 6.58 Å². The van der Waals surface area contributed by atoms with Crippen LogP contribution in [-0.2, 0) is 0 Å². The first-order valence-electron chi connectivity index (χ1n) is 7.73. The minimum Gasteiger partial charge on any atom is -0.314 e. The third kappa shape index (κ3) is 4.80. The summed E-state index contributed by atoms with van der Waals surface area (Å²) in [7, 11) is 0. The topological polar surface area (TPSA) is 15.3 Å². The maximum absolute atomic E-state index is 13.8. The lowest BCUT2D eigenvalue weighted by molar-refractivity contribution is 0.162. The largest absolute Gasteiger partial charge is 0.314 e. The zero-order valence-electron chi connectivity index (χ0n) is 12.5. The first-order chi connectivity index (χ1) is 10.2. The molecule has 116 valence electrons. The van der Waals surface area contributed by atoms with E-state index in [1.165, 1.54) is 0 Å². The van der Waals surface area contributed by atoms with Crippen molar-refractivity contribution < 1.29 is 4.39 Å². The van der Waals surface area contributed by atoms with Crippen LogP contribution in [0.3, 0.4) is 0 Å². The maximum Gasteiger partial charge on any atom is 0.142 e. The number of rotatable bonds is 7. The van der Waals surface area contributed by atoms with Crippen molar-refractivity contribution in [3.05, 3.63) is 47.3 Å². The zero-order chi connectivity index (χ0) is 15.1. The van der Waals surface area contributed by atoms with Crippen molar-refractivity contribution in [2.75, 3.05) is 26.2 Å². The third-order valence-corrected chi connectivity index (χ3v) is 4.36. The highest BCUT2D eigenvalue weighted by molar-refractivity contribution is 6.30. The van der Waals surface area contributed by atoms with Crippen molar-refractivity contribution in [2.45, 2.75) is 31.7 Å². The SMILES string of the molecule is C=CCCCC[C@@H](c1ccc(Cl)c(F)c1)N1CCNCC1. The number of piperazine rings is 1. The van der Waals surface area contributed by atoms with Crippen LogP contribution in [0.2, 0.25) is 5.02 Å². The molecule has 0 amide bonds. The highest BCUT2D eigenvalue weighted by Crippen LogP contribution is 2.29. The van der Waals surface area contributed by atoms with Crippen LogP contribution < -0.4 is 5.32 Å². The van der Waals surface area contributed by atoms with Crippen LogP contribution in [0.4, 0.5) is 4.39 Å². The lowest BCUT2D eigenvalue weighted by atomic mass is 9.98. The van der Waals surface area contributed by atoms with Gasteiger partial charge in [-0.05, 0) is 37.0 Å². The second-order valence-electron chi connectivity index (χ2n) is 5.55. The minimum atomic E-state index is -0.319. The molecule has 0 spiro atoms. The van der Waals surface area contributed by atoms with Gasteiger partial charge in [0.1, 0.15) is 5.82 Å². The van der Waals surface area contributed by atoms with Gasteiger partial charge >= 0.3 is 0 Å². The van der Waals surface area contributed by atoms with Gasteiger partial charge in [-0.1, -0.05) is 30.2 Å². The molecular weight excluding hydrogens is 287 g/mol. The van der Waals surface area contributed by atoms with Gasteiger partial charge in [-0.2, -0.15) is 0 Å². The Balaban J connectivity index is 2.09. The molecule has 1 aliphatic heterocycles. The molecule has 21 heavy (non-hydrogen) atoms. The van der Waals surface area contributed by atoms with Crippen LogP contribution in [0, 0.1) is 5.82 Å². The van der Waals surface area contributed by atoms with E-state index in [1.807, 2.05) is 12.1 Å². The molecule has 0 saturated carbocycles. The monoisotopic (exact) mass is 310 g/mol.